The molecule has 3 aromatic rings. The number of carbonyl (C=O) groups is 2. The molecule has 0 atom stereocenters. The third-order valence-electron chi connectivity index (χ3n) is 4.94. The van der Waals surface area contributed by atoms with Crippen LogP contribution in [0.1, 0.15) is 10.4 Å². The minimum Gasteiger partial charge on any atom is -0.497 e. The molecule has 0 aliphatic rings. The van der Waals surface area contributed by atoms with Crippen molar-refractivity contribution in [1.29, 1.82) is 0 Å². The van der Waals surface area contributed by atoms with Crippen molar-refractivity contribution in [3.05, 3.63) is 60.3 Å². The zero-order chi connectivity index (χ0) is 25.4. The minimum atomic E-state index is -1.25. The van der Waals surface area contributed by atoms with E-state index in [9.17, 15) is 14.7 Å². The van der Waals surface area contributed by atoms with E-state index in [0.29, 0.717) is 29.3 Å². The first-order valence-electron chi connectivity index (χ1n) is 10.7. The average Bonchev–Trinajstić information content (AvgIpc) is 2.84. The molecule has 3 N–H and O–H groups in total. The molecule has 11 nitrogen and oxygen atoms in total. The van der Waals surface area contributed by atoms with Crippen molar-refractivity contribution in [3.8, 4) is 11.5 Å². The number of methoxy groups -OCH3 is 2. The Hall–Kier alpha value is -4.38. The lowest BCUT2D eigenvalue weighted by Crippen LogP contribution is -2.31. The van der Waals surface area contributed by atoms with E-state index in [1.54, 1.807) is 42.5 Å². The van der Waals surface area contributed by atoms with Crippen molar-refractivity contribution in [2.24, 2.45) is 0 Å². The Morgan fingerprint density at radius 3 is 2.40 bits per heavy atom. The molecule has 0 radical (unpaired) electrons. The summed E-state index contributed by atoms with van der Waals surface area (Å²) in [6.45, 7) is 1.29. The number of anilines is 4. The normalized spacial score (nSPS) is 10.5. The highest BCUT2D eigenvalue weighted by atomic mass is 16.5. The smallest absolute Gasteiger partial charge is 0.417 e. The third kappa shape index (κ3) is 6.58. The standard InChI is InChI=1S/C24H28N6O5/c1-29(2)14-13-25-22(31)16-5-7-17(8-6-16)27-23-26-12-11-21(28-23)30(24(32)33)19-10-9-18(34-3)15-20(19)35-4/h5-12,15H,13-14H2,1-4H3,(H,25,31)(H,32,33)(H,26,27,28). The average molecular weight is 481 g/mol. The summed E-state index contributed by atoms with van der Waals surface area (Å²) in [6.07, 6.45) is 0.200. The number of ether oxygens (including phenoxy) is 2. The first kappa shape index (κ1) is 25.2. The number of benzene rings is 2. The number of amides is 2. The number of hydrogen-bond acceptors (Lipinski definition) is 8. The molecular weight excluding hydrogens is 452 g/mol. The van der Waals surface area contributed by atoms with Gasteiger partial charge in [-0.25, -0.2) is 14.7 Å². The Labute approximate surface area is 203 Å². The Bertz CT molecular complexity index is 1170. The lowest BCUT2D eigenvalue weighted by atomic mass is 10.2. The summed E-state index contributed by atoms with van der Waals surface area (Å²) in [5.74, 6) is 0.970. The summed E-state index contributed by atoms with van der Waals surface area (Å²) in [4.78, 5) is 35.9. The molecule has 0 fully saturated rings. The fourth-order valence-corrected chi connectivity index (χ4v) is 3.16. The van der Waals surface area contributed by atoms with Gasteiger partial charge in [-0.05, 0) is 50.5 Å². The van der Waals surface area contributed by atoms with Gasteiger partial charge < -0.3 is 30.1 Å². The van der Waals surface area contributed by atoms with Crippen LogP contribution in [0.4, 0.5) is 27.9 Å². The van der Waals surface area contributed by atoms with Crippen LogP contribution in [-0.4, -0.2) is 73.4 Å². The molecule has 2 amide bonds. The van der Waals surface area contributed by atoms with Crippen LogP contribution in [0.25, 0.3) is 0 Å². The van der Waals surface area contributed by atoms with Crippen LogP contribution in [0.15, 0.2) is 54.7 Å². The van der Waals surface area contributed by atoms with Crippen LogP contribution < -0.4 is 25.0 Å². The zero-order valence-electron chi connectivity index (χ0n) is 20.0. The molecule has 0 spiro atoms. The number of carboxylic acid groups (broad SMARTS) is 1. The summed E-state index contributed by atoms with van der Waals surface area (Å²) in [5, 5.41) is 15.8. The Kier molecular flexibility index (Phi) is 8.41. The molecule has 184 valence electrons. The fourth-order valence-electron chi connectivity index (χ4n) is 3.16. The van der Waals surface area contributed by atoms with E-state index in [4.69, 9.17) is 9.47 Å². The van der Waals surface area contributed by atoms with E-state index in [1.807, 2.05) is 19.0 Å². The molecule has 0 aliphatic heterocycles. The first-order valence-corrected chi connectivity index (χ1v) is 10.7. The lowest BCUT2D eigenvalue weighted by molar-refractivity contribution is 0.0951. The molecule has 11 heteroatoms. The largest absolute Gasteiger partial charge is 0.497 e. The highest BCUT2D eigenvalue weighted by molar-refractivity contribution is 5.96. The second-order valence-electron chi connectivity index (χ2n) is 7.66. The predicted octanol–water partition coefficient (Wildman–Crippen LogP) is 3.34. The van der Waals surface area contributed by atoms with Crippen molar-refractivity contribution >= 4 is 35.1 Å². The van der Waals surface area contributed by atoms with Crippen molar-refractivity contribution in [3.63, 3.8) is 0 Å². The quantitative estimate of drug-likeness (QED) is 0.400. The third-order valence-corrected chi connectivity index (χ3v) is 4.94. The second-order valence-corrected chi connectivity index (χ2v) is 7.66. The zero-order valence-corrected chi connectivity index (χ0v) is 20.0. The summed E-state index contributed by atoms with van der Waals surface area (Å²) in [7, 11) is 6.83. The molecule has 1 aromatic heterocycles. The van der Waals surface area contributed by atoms with Crippen molar-refractivity contribution < 1.29 is 24.2 Å². The fraction of sp³-hybridized carbons (Fsp3) is 0.250. The van der Waals surface area contributed by atoms with E-state index in [0.717, 1.165) is 11.4 Å². The molecular formula is C24H28N6O5. The second kappa shape index (κ2) is 11.7. The van der Waals surface area contributed by atoms with E-state index < -0.39 is 6.09 Å². The van der Waals surface area contributed by atoms with Gasteiger partial charge >= 0.3 is 6.09 Å². The van der Waals surface area contributed by atoms with Crippen LogP contribution in [0.2, 0.25) is 0 Å². The molecule has 0 unspecified atom stereocenters. The Morgan fingerprint density at radius 2 is 1.77 bits per heavy atom. The molecule has 0 saturated carbocycles. The number of nitrogens with one attached hydrogen (secondary N) is 2. The maximum atomic E-state index is 12.3. The summed E-state index contributed by atoms with van der Waals surface area (Å²) in [5.41, 5.74) is 1.43. The van der Waals surface area contributed by atoms with Gasteiger partial charge in [-0.1, -0.05) is 0 Å². The lowest BCUT2D eigenvalue weighted by Gasteiger charge is -2.21. The van der Waals surface area contributed by atoms with E-state index in [-0.39, 0.29) is 23.4 Å². The number of likely N-dealkylation sites (N-methyl/N-ethyl adjacent to an activating group) is 1. The summed E-state index contributed by atoms with van der Waals surface area (Å²) < 4.78 is 10.5. The molecule has 35 heavy (non-hydrogen) atoms. The van der Waals surface area contributed by atoms with Crippen molar-refractivity contribution in [2.75, 3.05) is 51.6 Å². The first-order chi connectivity index (χ1) is 16.8. The van der Waals surface area contributed by atoms with E-state index >= 15 is 0 Å². The number of aromatic nitrogens is 2. The van der Waals surface area contributed by atoms with Crippen LogP contribution in [0.3, 0.4) is 0 Å². The number of hydrogen-bond donors (Lipinski definition) is 3. The van der Waals surface area contributed by atoms with Crippen LogP contribution in [0, 0.1) is 0 Å². The van der Waals surface area contributed by atoms with Gasteiger partial charge in [-0.3, -0.25) is 4.79 Å². The van der Waals surface area contributed by atoms with Crippen molar-refractivity contribution in [2.45, 2.75) is 0 Å². The van der Waals surface area contributed by atoms with Crippen LogP contribution >= 0.6 is 0 Å². The summed E-state index contributed by atoms with van der Waals surface area (Å²) in [6, 6.07) is 13.1. The maximum absolute atomic E-state index is 12.3. The molecule has 0 bridgehead atoms. The molecule has 3 rings (SSSR count). The van der Waals surface area contributed by atoms with Crippen molar-refractivity contribution in [1.82, 2.24) is 20.2 Å². The minimum absolute atomic E-state index is 0.121. The van der Waals surface area contributed by atoms with Gasteiger partial charge in [0.1, 0.15) is 17.3 Å². The maximum Gasteiger partial charge on any atom is 0.417 e. The van der Waals surface area contributed by atoms with Gasteiger partial charge in [0.25, 0.3) is 5.91 Å². The molecule has 0 aliphatic carbocycles. The van der Waals surface area contributed by atoms with Crippen LogP contribution in [-0.2, 0) is 0 Å². The van der Waals surface area contributed by atoms with Gasteiger partial charge in [0, 0.05) is 42.7 Å². The number of rotatable bonds is 10. The van der Waals surface area contributed by atoms with Gasteiger partial charge in [0.2, 0.25) is 5.95 Å². The van der Waals surface area contributed by atoms with Gasteiger partial charge in [0.05, 0.1) is 19.9 Å². The predicted molar refractivity (Wildman–Crippen MR) is 132 cm³/mol. The van der Waals surface area contributed by atoms with E-state index in [1.165, 1.54) is 26.5 Å². The molecule has 1 heterocycles. The van der Waals surface area contributed by atoms with Gasteiger partial charge in [-0.15, -0.1) is 0 Å². The van der Waals surface area contributed by atoms with Crippen LogP contribution in [0.5, 0.6) is 11.5 Å². The monoisotopic (exact) mass is 480 g/mol. The molecule has 0 saturated heterocycles. The SMILES string of the molecule is COc1ccc(N(C(=O)O)c2ccnc(Nc3ccc(C(=O)NCCN(C)C)cc3)n2)c(OC)c1. The molecule has 2 aromatic carbocycles. The topological polar surface area (TPSA) is 129 Å². The Morgan fingerprint density at radius 1 is 1.03 bits per heavy atom. The number of nitrogens with zero attached hydrogens (tertiary/aromatic N) is 4. The summed E-state index contributed by atoms with van der Waals surface area (Å²) >= 11 is 0. The highest BCUT2D eigenvalue weighted by Gasteiger charge is 2.23. The van der Waals surface area contributed by atoms with E-state index in [2.05, 4.69) is 20.6 Å². The van der Waals surface area contributed by atoms with Gasteiger partial charge in [-0.2, -0.15) is 4.98 Å². The van der Waals surface area contributed by atoms with Gasteiger partial charge in [0.15, 0.2) is 0 Å². The Balaban J connectivity index is 1.78. The highest BCUT2D eigenvalue weighted by Crippen LogP contribution is 2.36. The number of carbonyl (C=O) groups excluding carboxylic acids is 1.